The average Bonchev–Trinajstić information content (AvgIpc) is 3.14. The largest absolute Gasteiger partial charge is 0.494 e. The van der Waals surface area contributed by atoms with Crippen LogP contribution in [0.3, 0.4) is 0 Å². The lowest BCUT2D eigenvalue weighted by molar-refractivity contribution is 0.228. The van der Waals surface area contributed by atoms with Crippen LogP contribution in [-0.2, 0) is 13.6 Å². The zero-order valence-corrected chi connectivity index (χ0v) is 17.5. The Morgan fingerprint density at radius 1 is 1.21 bits per heavy atom. The van der Waals surface area contributed by atoms with Gasteiger partial charge in [-0.05, 0) is 51.2 Å². The molecule has 1 aromatic heterocycles. The molecule has 2 aromatic rings. The van der Waals surface area contributed by atoms with E-state index in [4.69, 9.17) is 13.8 Å². The van der Waals surface area contributed by atoms with Crippen LogP contribution in [0.15, 0.2) is 36.4 Å². The Balaban J connectivity index is 1.68. The van der Waals surface area contributed by atoms with Crippen molar-refractivity contribution >= 4 is 24.3 Å². The third kappa shape index (κ3) is 4.90. The summed E-state index contributed by atoms with van der Waals surface area (Å²) in [5.41, 5.74) is 0.798. The maximum Gasteiger partial charge on any atom is 0.353 e. The number of ether oxygens (including phenoxy) is 1. The third-order valence-corrected chi connectivity index (χ3v) is 6.59. The fraction of sp³-hybridized carbons (Fsp3) is 0.500. The molecule has 0 spiro atoms. The summed E-state index contributed by atoms with van der Waals surface area (Å²) in [5.74, 6) is 3.50. The summed E-state index contributed by atoms with van der Waals surface area (Å²) in [6.45, 7) is 4.35. The molecule has 0 unspecified atom stereocenters. The van der Waals surface area contributed by atoms with E-state index in [1.807, 2.05) is 38.1 Å². The Hall–Kier alpha value is -1.95. The highest BCUT2D eigenvalue weighted by atomic mass is 31.2. The van der Waals surface area contributed by atoms with Gasteiger partial charge in [0.15, 0.2) is 0 Å². The molecule has 0 aliphatic heterocycles. The van der Waals surface area contributed by atoms with Crippen molar-refractivity contribution in [3.63, 3.8) is 0 Å². The quantitative estimate of drug-likeness (QED) is 0.588. The van der Waals surface area contributed by atoms with E-state index < -0.39 is 7.60 Å². The van der Waals surface area contributed by atoms with Gasteiger partial charge in [-0.15, -0.1) is 0 Å². The first kappa shape index (κ1) is 20.8. The molecular formula is C20H28N3O4P. The van der Waals surface area contributed by atoms with Gasteiger partial charge >= 0.3 is 7.60 Å². The number of para-hydroxylation sites is 1. The molecule has 1 N–H and O–H groups in total. The number of allylic oxidation sites excluding steroid dienone is 1. The van der Waals surface area contributed by atoms with Crippen LogP contribution in [0.5, 0.6) is 5.75 Å². The van der Waals surface area contributed by atoms with Crippen molar-refractivity contribution in [2.75, 3.05) is 25.6 Å². The Kier molecular flexibility index (Phi) is 7.05. The molecular weight excluding hydrogens is 377 g/mol. The molecule has 0 bridgehead atoms. The van der Waals surface area contributed by atoms with E-state index in [1.165, 1.54) is 0 Å². The van der Waals surface area contributed by atoms with Gasteiger partial charge in [-0.25, -0.2) is 9.97 Å². The van der Waals surface area contributed by atoms with Crippen molar-refractivity contribution in [1.82, 2.24) is 9.97 Å². The van der Waals surface area contributed by atoms with E-state index in [9.17, 15) is 4.57 Å². The standard InChI is InChI=1S/C20H28N3O4P/c1-4-26-28(24,27-5-2)12-11-15-9-10-16(13-15)23-20-17-7-6-8-18(25-3)19(17)21-14-22-20/h6-8,11-12,14-16H,4-5,9-10,13H2,1-3H3,(H,21,22,23)/b12-11+/t15-,16-/m0/s1. The minimum atomic E-state index is -3.14. The number of hydrogen-bond acceptors (Lipinski definition) is 7. The second-order valence-electron chi connectivity index (χ2n) is 6.71. The second-order valence-corrected chi connectivity index (χ2v) is 8.60. The molecule has 3 rings (SSSR count). The first-order valence-corrected chi connectivity index (χ1v) is 11.3. The van der Waals surface area contributed by atoms with Crippen molar-refractivity contribution < 1.29 is 18.3 Å². The van der Waals surface area contributed by atoms with Gasteiger partial charge in [0, 0.05) is 17.2 Å². The molecule has 2 atom stereocenters. The van der Waals surface area contributed by atoms with E-state index in [0.717, 1.165) is 41.7 Å². The van der Waals surface area contributed by atoms with Crippen LogP contribution in [0.1, 0.15) is 33.1 Å². The maximum atomic E-state index is 12.6. The van der Waals surface area contributed by atoms with Crippen LogP contribution in [-0.4, -0.2) is 36.3 Å². The molecule has 1 aliphatic rings. The molecule has 1 aromatic carbocycles. The summed E-state index contributed by atoms with van der Waals surface area (Å²) in [6.07, 6.45) is 6.50. The summed E-state index contributed by atoms with van der Waals surface area (Å²) in [5, 5.41) is 4.48. The Labute approximate surface area is 166 Å². The summed E-state index contributed by atoms with van der Waals surface area (Å²) in [4.78, 5) is 8.77. The molecule has 1 fully saturated rings. The first-order valence-electron chi connectivity index (χ1n) is 9.71. The zero-order valence-electron chi connectivity index (χ0n) is 16.6. The fourth-order valence-corrected chi connectivity index (χ4v) is 4.99. The number of fused-ring (bicyclic) bond motifs is 1. The van der Waals surface area contributed by atoms with Crippen LogP contribution in [0.25, 0.3) is 10.9 Å². The summed E-state index contributed by atoms with van der Waals surface area (Å²) in [6, 6.07) is 6.12. The molecule has 8 heteroatoms. The average molecular weight is 405 g/mol. The lowest BCUT2D eigenvalue weighted by Crippen LogP contribution is -2.16. The normalized spacial score (nSPS) is 20.1. The van der Waals surface area contributed by atoms with Crippen molar-refractivity contribution in [2.24, 2.45) is 5.92 Å². The van der Waals surface area contributed by atoms with Crippen molar-refractivity contribution in [3.05, 3.63) is 36.4 Å². The zero-order chi connectivity index (χ0) is 20.0. The summed E-state index contributed by atoms with van der Waals surface area (Å²) in [7, 11) is -1.50. The number of benzene rings is 1. The highest BCUT2D eigenvalue weighted by Gasteiger charge is 2.26. The first-order chi connectivity index (χ1) is 13.6. The molecule has 0 saturated heterocycles. The van der Waals surface area contributed by atoms with E-state index in [1.54, 1.807) is 19.3 Å². The smallest absolute Gasteiger partial charge is 0.353 e. The van der Waals surface area contributed by atoms with Crippen molar-refractivity contribution in [1.29, 1.82) is 0 Å². The van der Waals surface area contributed by atoms with Crippen molar-refractivity contribution in [3.8, 4) is 5.75 Å². The number of rotatable bonds is 9. The minimum absolute atomic E-state index is 0.289. The molecule has 28 heavy (non-hydrogen) atoms. The molecule has 0 radical (unpaired) electrons. The van der Waals surface area contributed by atoms with E-state index >= 15 is 0 Å². The Bertz CT molecular complexity index is 864. The molecule has 1 aliphatic carbocycles. The van der Waals surface area contributed by atoms with Gasteiger partial charge in [-0.2, -0.15) is 0 Å². The van der Waals surface area contributed by atoms with Crippen molar-refractivity contribution in [2.45, 2.75) is 39.2 Å². The third-order valence-electron chi connectivity index (χ3n) is 4.82. The van der Waals surface area contributed by atoms with Crippen LogP contribution in [0.4, 0.5) is 5.82 Å². The number of aromatic nitrogens is 2. The van der Waals surface area contributed by atoms with Gasteiger partial charge in [0.2, 0.25) is 0 Å². The highest BCUT2D eigenvalue weighted by molar-refractivity contribution is 7.57. The molecule has 1 heterocycles. The molecule has 152 valence electrons. The predicted octanol–water partition coefficient (Wildman–Crippen LogP) is 5.00. The van der Waals surface area contributed by atoms with Gasteiger partial charge in [0.25, 0.3) is 0 Å². The summed E-state index contributed by atoms with van der Waals surface area (Å²) >= 11 is 0. The van der Waals surface area contributed by atoms with Gasteiger partial charge < -0.3 is 19.1 Å². The highest BCUT2D eigenvalue weighted by Crippen LogP contribution is 2.50. The number of nitrogens with zero attached hydrogens (tertiary/aromatic N) is 2. The predicted molar refractivity (Wildman–Crippen MR) is 111 cm³/mol. The van der Waals surface area contributed by atoms with Crippen LogP contribution < -0.4 is 10.1 Å². The lowest BCUT2D eigenvalue weighted by atomic mass is 10.1. The van der Waals surface area contributed by atoms with Crippen LogP contribution in [0, 0.1) is 5.92 Å². The number of hydrogen-bond donors (Lipinski definition) is 1. The molecule has 0 amide bonds. The summed E-state index contributed by atoms with van der Waals surface area (Å²) < 4.78 is 28.6. The lowest BCUT2D eigenvalue weighted by Gasteiger charge is -2.16. The molecule has 1 saturated carbocycles. The fourth-order valence-electron chi connectivity index (χ4n) is 3.57. The number of nitrogens with one attached hydrogen (secondary N) is 1. The second kappa shape index (κ2) is 9.50. The monoisotopic (exact) mass is 405 g/mol. The van der Waals surface area contributed by atoms with E-state index in [0.29, 0.717) is 19.1 Å². The molecule has 7 nitrogen and oxygen atoms in total. The topological polar surface area (TPSA) is 82.6 Å². The van der Waals surface area contributed by atoms with Crippen LogP contribution in [0.2, 0.25) is 0 Å². The van der Waals surface area contributed by atoms with E-state index in [2.05, 4.69) is 15.3 Å². The SMILES string of the molecule is CCOP(=O)(/C=C/[C@@H]1CC[C@H](Nc2ncnc3c(OC)cccc23)C1)OCC. The van der Waals surface area contributed by atoms with Gasteiger partial charge in [-0.3, -0.25) is 4.57 Å². The van der Waals surface area contributed by atoms with Crippen LogP contribution >= 0.6 is 7.60 Å². The maximum absolute atomic E-state index is 12.6. The van der Waals surface area contributed by atoms with Gasteiger partial charge in [-0.1, -0.05) is 12.1 Å². The minimum Gasteiger partial charge on any atom is -0.494 e. The Morgan fingerprint density at radius 3 is 2.71 bits per heavy atom. The number of methoxy groups -OCH3 is 1. The Morgan fingerprint density at radius 2 is 2.00 bits per heavy atom. The van der Waals surface area contributed by atoms with E-state index in [-0.39, 0.29) is 6.04 Å². The van der Waals surface area contributed by atoms with Gasteiger partial charge in [0.1, 0.15) is 23.4 Å². The van der Waals surface area contributed by atoms with Gasteiger partial charge in [0.05, 0.1) is 20.3 Å². The number of anilines is 1.